The Morgan fingerprint density at radius 2 is 1.96 bits per heavy atom. The van der Waals surface area contributed by atoms with Gasteiger partial charge in [-0.3, -0.25) is 0 Å². The summed E-state index contributed by atoms with van der Waals surface area (Å²) in [6.45, 7) is 4.07. The molecule has 2 aromatic heterocycles. The van der Waals surface area contributed by atoms with Gasteiger partial charge in [-0.25, -0.2) is 4.68 Å². The Morgan fingerprint density at radius 3 is 2.74 bits per heavy atom. The highest BCUT2D eigenvalue weighted by Crippen LogP contribution is 2.23. The standard InChI is InChI=1S/C16H18N6O/c1-11-2-4-12(5-3-11)15-18-16(23-20-15)14-10-22(21-19-14)13-6-8-17-9-7-13/h2-5,10,13,17H,6-9H2,1H3. The highest BCUT2D eigenvalue weighted by Gasteiger charge is 2.19. The molecule has 0 aliphatic carbocycles. The molecule has 118 valence electrons. The summed E-state index contributed by atoms with van der Waals surface area (Å²) in [6, 6.07) is 8.40. The Labute approximate surface area is 133 Å². The first-order valence-corrected chi connectivity index (χ1v) is 7.83. The number of piperidine rings is 1. The number of rotatable bonds is 3. The number of hydrogen-bond donors (Lipinski definition) is 1. The van der Waals surface area contributed by atoms with Gasteiger partial charge < -0.3 is 9.84 Å². The van der Waals surface area contributed by atoms with Crippen LogP contribution >= 0.6 is 0 Å². The van der Waals surface area contributed by atoms with Gasteiger partial charge in [0, 0.05) is 5.56 Å². The first-order valence-electron chi connectivity index (χ1n) is 7.83. The van der Waals surface area contributed by atoms with Crippen LogP contribution in [-0.4, -0.2) is 38.2 Å². The maximum absolute atomic E-state index is 5.35. The average molecular weight is 310 g/mol. The van der Waals surface area contributed by atoms with Crippen molar-refractivity contribution in [2.24, 2.45) is 0 Å². The SMILES string of the molecule is Cc1ccc(-c2noc(-c3cn(C4CCNCC4)nn3)n2)cc1. The largest absolute Gasteiger partial charge is 0.332 e. The van der Waals surface area contributed by atoms with E-state index in [0.717, 1.165) is 31.5 Å². The van der Waals surface area contributed by atoms with Gasteiger partial charge in [-0.1, -0.05) is 40.2 Å². The fraction of sp³-hybridized carbons (Fsp3) is 0.375. The molecule has 0 saturated carbocycles. The fourth-order valence-electron chi connectivity index (χ4n) is 2.77. The second-order valence-corrected chi connectivity index (χ2v) is 5.85. The first kappa shape index (κ1) is 14.1. The van der Waals surface area contributed by atoms with E-state index in [9.17, 15) is 0 Å². The summed E-state index contributed by atoms with van der Waals surface area (Å²) in [7, 11) is 0. The molecule has 1 saturated heterocycles. The summed E-state index contributed by atoms with van der Waals surface area (Å²) in [5.41, 5.74) is 2.74. The summed E-state index contributed by atoms with van der Waals surface area (Å²) in [4.78, 5) is 4.43. The van der Waals surface area contributed by atoms with Crippen LogP contribution in [0, 0.1) is 6.92 Å². The Bertz CT molecular complexity index is 785. The molecule has 1 aromatic carbocycles. The third-order valence-electron chi connectivity index (χ3n) is 4.15. The number of nitrogens with zero attached hydrogens (tertiary/aromatic N) is 5. The maximum Gasteiger partial charge on any atom is 0.280 e. The number of aromatic nitrogens is 5. The van der Waals surface area contributed by atoms with Gasteiger partial charge in [0.05, 0.1) is 12.2 Å². The molecule has 0 bridgehead atoms. The smallest absolute Gasteiger partial charge is 0.280 e. The average Bonchev–Trinajstić information content (AvgIpc) is 3.26. The van der Waals surface area contributed by atoms with Crippen molar-refractivity contribution in [3.05, 3.63) is 36.0 Å². The second kappa shape index (κ2) is 5.92. The van der Waals surface area contributed by atoms with Crippen LogP contribution in [0.2, 0.25) is 0 Å². The molecule has 3 aromatic rings. The van der Waals surface area contributed by atoms with Crippen molar-refractivity contribution < 1.29 is 4.52 Å². The molecule has 0 atom stereocenters. The molecule has 1 fully saturated rings. The van der Waals surface area contributed by atoms with Crippen molar-refractivity contribution in [1.82, 2.24) is 30.5 Å². The summed E-state index contributed by atoms with van der Waals surface area (Å²) in [5, 5.41) is 15.8. The normalized spacial score (nSPS) is 15.9. The molecule has 3 heterocycles. The Hall–Kier alpha value is -2.54. The van der Waals surface area contributed by atoms with Crippen LogP contribution in [0.25, 0.3) is 23.0 Å². The van der Waals surface area contributed by atoms with Gasteiger partial charge in [0.2, 0.25) is 5.82 Å². The first-order chi connectivity index (χ1) is 11.3. The molecule has 23 heavy (non-hydrogen) atoms. The van der Waals surface area contributed by atoms with E-state index in [4.69, 9.17) is 4.52 Å². The van der Waals surface area contributed by atoms with Gasteiger partial charge in [-0.05, 0) is 32.9 Å². The van der Waals surface area contributed by atoms with E-state index in [0.29, 0.717) is 23.5 Å². The van der Waals surface area contributed by atoms with E-state index >= 15 is 0 Å². The number of hydrogen-bond acceptors (Lipinski definition) is 6. The molecule has 7 heteroatoms. The molecule has 1 N–H and O–H groups in total. The molecule has 0 radical (unpaired) electrons. The zero-order chi connectivity index (χ0) is 15.6. The summed E-state index contributed by atoms with van der Waals surface area (Å²) < 4.78 is 7.26. The van der Waals surface area contributed by atoms with Crippen molar-refractivity contribution >= 4 is 0 Å². The van der Waals surface area contributed by atoms with Crippen LogP contribution in [0.5, 0.6) is 0 Å². The zero-order valence-corrected chi connectivity index (χ0v) is 12.9. The molecular weight excluding hydrogens is 292 g/mol. The predicted octanol–water partition coefficient (Wildman–Crippen LogP) is 2.23. The summed E-state index contributed by atoms with van der Waals surface area (Å²) in [6.07, 6.45) is 4.00. The second-order valence-electron chi connectivity index (χ2n) is 5.85. The van der Waals surface area contributed by atoms with E-state index in [1.807, 2.05) is 42.1 Å². The highest BCUT2D eigenvalue weighted by molar-refractivity contribution is 5.57. The van der Waals surface area contributed by atoms with Gasteiger partial charge in [0.25, 0.3) is 5.89 Å². The lowest BCUT2D eigenvalue weighted by atomic mass is 10.1. The van der Waals surface area contributed by atoms with Crippen molar-refractivity contribution in [2.45, 2.75) is 25.8 Å². The van der Waals surface area contributed by atoms with Crippen molar-refractivity contribution in [3.8, 4) is 23.0 Å². The van der Waals surface area contributed by atoms with Gasteiger partial charge in [-0.15, -0.1) is 5.10 Å². The minimum atomic E-state index is 0.386. The minimum Gasteiger partial charge on any atom is -0.332 e. The topological polar surface area (TPSA) is 81.7 Å². The number of aryl methyl sites for hydroxylation is 1. The Morgan fingerprint density at radius 1 is 1.17 bits per heavy atom. The zero-order valence-electron chi connectivity index (χ0n) is 12.9. The van der Waals surface area contributed by atoms with E-state index in [1.165, 1.54) is 5.56 Å². The lowest BCUT2D eigenvalue weighted by Crippen LogP contribution is -2.29. The molecule has 0 amide bonds. The Kier molecular flexibility index (Phi) is 3.63. The Balaban J connectivity index is 1.57. The van der Waals surface area contributed by atoms with Crippen LogP contribution < -0.4 is 5.32 Å². The lowest BCUT2D eigenvalue weighted by molar-refractivity contribution is 0.337. The summed E-state index contributed by atoms with van der Waals surface area (Å²) in [5.74, 6) is 0.970. The quantitative estimate of drug-likeness (QED) is 0.799. The molecule has 0 spiro atoms. The van der Waals surface area contributed by atoms with Gasteiger partial charge in [0.1, 0.15) is 0 Å². The van der Waals surface area contributed by atoms with Crippen LogP contribution in [-0.2, 0) is 0 Å². The fourth-order valence-corrected chi connectivity index (χ4v) is 2.77. The summed E-state index contributed by atoms with van der Waals surface area (Å²) >= 11 is 0. The number of nitrogens with one attached hydrogen (secondary N) is 1. The molecule has 1 aliphatic heterocycles. The van der Waals surface area contributed by atoms with E-state index in [-0.39, 0.29) is 0 Å². The van der Waals surface area contributed by atoms with Gasteiger partial charge in [0.15, 0.2) is 5.69 Å². The maximum atomic E-state index is 5.35. The monoisotopic (exact) mass is 310 g/mol. The van der Waals surface area contributed by atoms with Crippen LogP contribution in [0.15, 0.2) is 35.0 Å². The highest BCUT2D eigenvalue weighted by atomic mass is 16.5. The molecule has 1 aliphatic rings. The van der Waals surface area contributed by atoms with Crippen molar-refractivity contribution in [3.63, 3.8) is 0 Å². The molecule has 7 nitrogen and oxygen atoms in total. The third-order valence-corrected chi connectivity index (χ3v) is 4.15. The van der Waals surface area contributed by atoms with Crippen molar-refractivity contribution in [1.29, 1.82) is 0 Å². The number of benzene rings is 1. The molecule has 0 unspecified atom stereocenters. The minimum absolute atomic E-state index is 0.386. The van der Waals surface area contributed by atoms with E-state index < -0.39 is 0 Å². The van der Waals surface area contributed by atoms with Crippen LogP contribution in [0.4, 0.5) is 0 Å². The van der Waals surface area contributed by atoms with Gasteiger partial charge >= 0.3 is 0 Å². The molecular formula is C16H18N6O. The van der Waals surface area contributed by atoms with Crippen LogP contribution in [0.1, 0.15) is 24.4 Å². The third kappa shape index (κ3) is 2.87. The van der Waals surface area contributed by atoms with Gasteiger partial charge in [-0.2, -0.15) is 4.98 Å². The van der Waals surface area contributed by atoms with E-state index in [2.05, 4.69) is 25.8 Å². The lowest BCUT2D eigenvalue weighted by Gasteiger charge is -2.21. The van der Waals surface area contributed by atoms with Crippen molar-refractivity contribution in [2.75, 3.05) is 13.1 Å². The molecule has 4 rings (SSSR count). The predicted molar refractivity (Wildman–Crippen MR) is 84.6 cm³/mol. The van der Waals surface area contributed by atoms with Crippen LogP contribution in [0.3, 0.4) is 0 Å². The van der Waals surface area contributed by atoms with E-state index in [1.54, 1.807) is 0 Å².